The quantitative estimate of drug-likeness (QED) is 0.713. The Labute approximate surface area is 131 Å². The molecule has 1 aromatic rings. The number of nitrogens with one attached hydrogen (secondary N) is 1. The summed E-state index contributed by atoms with van der Waals surface area (Å²) in [5.41, 5.74) is -2.47. The number of hydrogen-bond acceptors (Lipinski definition) is 1. The number of carbonyl (C=O) groups is 1. The van der Waals surface area contributed by atoms with E-state index in [1.165, 1.54) is 25.1 Å². The fourth-order valence-electron chi connectivity index (χ4n) is 2.71. The van der Waals surface area contributed by atoms with Crippen LogP contribution in [0.2, 0.25) is 5.02 Å². The Morgan fingerprint density at radius 2 is 2.05 bits per heavy atom. The van der Waals surface area contributed by atoms with Crippen LogP contribution in [-0.2, 0) is 10.2 Å². The number of halogens is 4. The molecule has 3 rings (SSSR count). The van der Waals surface area contributed by atoms with E-state index < -0.39 is 23.4 Å². The maximum atomic E-state index is 14.0. The monoisotopic (exact) mass is 327 g/mol. The molecule has 6 heteroatoms. The van der Waals surface area contributed by atoms with E-state index in [9.17, 15) is 18.0 Å². The molecule has 1 N–H and O–H groups in total. The first kappa shape index (κ1) is 15.2. The van der Waals surface area contributed by atoms with Crippen molar-refractivity contribution in [2.24, 2.45) is 11.8 Å². The Morgan fingerprint density at radius 3 is 2.64 bits per heavy atom. The fourth-order valence-corrected chi connectivity index (χ4v) is 2.88. The molecule has 0 radical (unpaired) electrons. The smallest absolute Gasteiger partial charge is 0.325 e. The van der Waals surface area contributed by atoms with Gasteiger partial charge in [-0.3, -0.25) is 4.79 Å². The Balaban J connectivity index is 2.28. The molecule has 0 bridgehead atoms. The molecule has 1 aliphatic heterocycles. The van der Waals surface area contributed by atoms with Gasteiger partial charge in [-0.1, -0.05) is 30.4 Å². The fraction of sp³-hybridized carbons (Fsp3) is 0.438. The maximum absolute atomic E-state index is 14.0. The van der Waals surface area contributed by atoms with Crippen LogP contribution in [0.3, 0.4) is 0 Å². The first-order chi connectivity index (χ1) is 10.3. The van der Waals surface area contributed by atoms with Crippen LogP contribution >= 0.6 is 11.6 Å². The topological polar surface area (TPSA) is 29.1 Å². The van der Waals surface area contributed by atoms with Gasteiger partial charge in [-0.2, -0.15) is 13.2 Å². The molecule has 1 saturated carbocycles. The van der Waals surface area contributed by atoms with Crippen molar-refractivity contribution < 1.29 is 18.0 Å². The van der Waals surface area contributed by atoms with Crippen molar-refractivity contribution in [2.45, 2.75) is 31.4 Å². The second kappa shape index (κ2) is 4.92. The van der Waals surface area contributed by atoms with Crippen LogP contribution in [0.4, 0.5) is 18.9 Å². The molecule has 1 fully saturated rings. The first-order valence-corrected chi connectivity index (χ1v) is 7.34. The SMILES string of the molecule is CC1C(=O)Nc2ccc(Cl)cc2C1(C#CC1CC1)C(F)(F)F. The molecule has 116 valence electrons. The minimum atomic E-state index is -4.68. The molecule has 2 aliphatic rings. The lowest BCUT2D eigenvalue weighted by molar-refractivity contribution is -0.188. The molecule has 1 heterocycles. The minimum Gasteiger partial charge on any atom is -0.325 e. The summed E-state index contributed by atoms with van der Waals surface area (Å²) in [5.74, 6) is 3.07. The van der Waals surface area contributed by atoms with Gasteiger partial charge in [0.25, 0.3) is 0 Å². The zero-order chi connectivity index (χ0) is 16.1. The van der Waals surface area contributed by atoms with Gasteiger partial charge < -0.3 is 5.32 Å². The number of anilines is 1. The Bertz CT molecular complexity index is 700. The van der Waals surface area contributed by atoms with Crippen molar-refractivity contribution >= 4 is 23.2 Å². The second-order valence-electron chi connectivity index (χ2n) is 5.75. The summed E-state index contributed by atoms with van der Waals surface area (Å²) in [7, 11) is 0. The molecule has 22 heavy (non-hydrogen) atoms. The number of hydrogen-bond donors (Lipinski definition) is 1. The van der Waals surface area contributed by atoms with Crippen molar-refractivity contribution in [1.29, 1.82) is 0 Å². The lowest BCUT2D eigenvalue weighted by Crippen LogP contribution is -2.53. The van der Waals surface area contributed by atoms with E-state index in [0.717, 1.165) is 12.8 Å². The van der Waals surface area contributed by atoms with E-state index in [2.05, 4.69) is 17.2 Å². The molecule has 2 unspecified atom stereocenters. The Morgan fingerprint density at radius 1 is 1.36 bits per heavy atom. The van der Waals surface area contributed by atoms with E-state index in [4.69, 9.17) is 11.6 Å². The highest BCUT2D eigenvalue weighted by Crippen LogP contribution is 2.52. The molecule has 0 saturated heterocycles. The van der Waals surface area contributed by atoms with Crippen molar-refractivity contribution in [3.63, 3.8) is 0 Å². The third kappa shape index (κ3) is 2.26. The van der Waals surface area contributed by atoms with Crippen molar-refractivity contribution in [1.82, 2.24) is 0 Å². The number of rotatable bonds is 0. The first-order valence-electron chi connectivity index (χ1n) is 6.96. The summed E-state index contributed by atoms with van der Waals surface area (Å²) in [6.45, 7) is 1.26. The average Bonchev–Trinajstić information content (AvgIpc) is 3.23. The highest BCUT2D eigenvalue weighted by Gasteiger charge is 2.63. The number of carbonyl (C=O) groups excluding carboxylic acids is 1. The summed E-state index contributed by atoms with van der Waals surface area (Å²) in [4.78, 5) is 12.1. The summed E-state index contributed by atoms with van der Waals surface area (Å²) < 4.78 is 41.9. The molecule has 1 aliphatic carbocycles. The molecular weight excluding hydrogens is 315 g/mol. The van der Waals surface area contributed by atoms with Gasteiger partial charge in [0.1, 0.15) is 0 Å². The summed E-state index contributed by atoms with van der Waals surface area (Å²) in [5, 5.41) is 2.69. The number of alkyl halides is 3. The number of benzene rings is 1. The minimum absolute atomic E-state index is 0.000882. The maximum Gasteiger partial charge on any atom is 0.409 e. The van der Waals surface area contributed by atoms with Crippen LogP contribution in [0.25, 0.3) is 0 Å². The average molecular weight is 328 g/mol. The van der Waals surface area contributed by atoms with Crippen molar-refractivity contribution in [2.75, 3.05) is 5.32 Å². The van der Waals surface area contributed by atoms with Gasteiger partial charge in [-0.05, 0) is 31.0 Å². The van der Waals surface area contributed by atoms with E-state index in [1.807, 2.05) is 0 Å². The molecular formula is C16H13ClF3NO. The molecule has 0 aromatic heterocycles. The second-order valence-corrected chi connectivity index (χ2v) is 6.19. The summed E-state index contributed by atoms with van der Waals surface area (Å²) in [6, 6.07) is 4.09. The van der Waals surface area contributed by atoms with Crippen LogP contribution < -0.4 is 5.32 Å². The standard InChI is InChI=1S/C16H13ClF3NO/c1-9-14(22)21-13-5-4-11(17)8-12(13)15(9,16(18,19)20)7-6-10-2-3-10/h4-5,8-10H,2-3H2,1H3,(H,21,22). The predicted octanol–water partition coefficient (Wildman–Crippen LogP) is 4.14. The van der Waals surface area contributed by atoms with Gasteiger partial charge in [0.05, 0.1) is 5.92 Å². The largest absolute Gasteiger partial charge is 0.409 e. The summed E-state index contributed by atoms with van der Waals surface area (Å²) in [6.07, 6.45) is -3.06. The van der Waals surface area contributed by atoms with Crippen LogP contribution in [0, 0.1) is 23.7 Å². The normalized spacial score (nSPS) is 27.5. The number of amides is 1. The Kier molecular flexibility index (Phi) is 3.41. The third-order valence-corrected chi connectivity index (χ3v) is 4.44. The zero-order valence-electron chi connectivity index (χ0n) is 11.7. The van der Waals surface area contributed by atoms with Crippen molar-refractivity contribution in [3.05, 3.63) is 28.8 Å². The highest BCUT2D eigenvalue weighted by atomic mass is 35.5. The Hall–Kier alpha value is -1.67. The summed E-state index contributed by atoms with van der Waals surface area (Å²) >= 11 is 5.88. The van der Waals surface area contributed by atoms with Crippen molar-refractivity contribution in [3.8, 4) is 11.8 Å². The molecule has 2 nitrogen and oxygen atoms in total. The van der Waals surface area contributed by atoms with E-state index in [0.29, 0.717) is 0 Å². The van der Waals surface area contributed by atoms with Gasteiger partial charge in [0, 0.05) is 22.2 Å². The van der Waals surface area contributed by atoms with Gasteiger partial charge in [-0.15, -0.1) is 0 Å². The predicted molar refractivity (Wildman–Crippen MR) is 77.5 cm³/mol. The highest BCUT2D eigenvalue weighted by molar-refractivity contribution is 6.30. The molecule has 1 amide bonds. The molecule has 2 atom stereocenters. The van der Waals surface area contributed by atoms with Gasteiger partial charge in [0.15, 0.2) is 5.41 Å². The van der Waals surface area contributed by atoms with Gasteiger partial charge in [0.2, 0.25) is 5.91 Å². The van der Waals surface area contributed by atoms with Crippen LogP contribution in [0.15, 0.2) is 18.2 Å². The lowest BCUT2D eigenvalue weighted by atomic mass is 9.67. The van der Waals surface area contributed by atoms with Crippen LogP contribution in [0.1, 0.15) is 25.3 Å². The van der Waals surface area contributed by atoms with Crippen LogP contribution in [-0.4, -0.2) is 12.1 Å². The lowest BCUT2D eigenvalue weighted by Gasteiger charge is -2.40. The zero-order valence-corrected chi connectivity index (χ0v) is 12.5. The van der Waals surface area contributed by atoms with E-state index in [-0.39, 0.29) is 22.2 Å². The van der Waals surface area contributed by atoms with Gasteiger partial charge >= 0.3 is 6.18 Å². The molecule has 1 aromatic carbocycles. The third-order valence-electron chi connectivity index (χ3n) is 4.21. The van der Waals surface area contributed by atoms with E-state index in [1.54, 1.807) is 0 Å². The van der Waals surface area contributed by atoms with E-state index >= 15 is 0 Å². The molecule has 0 spiro atoms. The van der Waals surface area contributed by atoms with Gasteiger partial charge in [-0.25, -0.2) is 0 Å². The van der Waals surface area contributed by atoms with Crippen LogP contribution in [0.5, 0.6) is 0 Å². The number of fused-ring (bicyclic) bond motifs is 1.